The van der Waals surface area contributed by atoms with E-state index in [2.05, 4.69) is 9.56 Å². The number of nitrogens with zero attached hydrogens (tertiary/aromatic N) is 3. The third-order valence-corrected chi connectivity index (χ3v) is 4.05. The van der Waals surface area contributed by atoms with E-state index >= 15 is 0 Å². The van der Waals surface area contributed by atoms with Crippen molar-refractivity contribution in [3.8, 4) is 6.07 Å². The maximum atomic E-state index is 11.9. The summed E-state index contributed by atoms with van der Waals surface area (Å²) in [4.78, 5) is 0.0336. The summed E-state index contributed by atoms with van der Waals surface area (Å²) in [6.07, 6.45) is 0. The molecule has 2 aromatic rings. The van der Waals surface area contributed by atoms with Crippen molar-refractivity contribution in [3.63, 3.8) is 0 Å². The standard InChI is InChI=1S/C15H13N3O4S/c1-12-2-8-15(9-3-12)23(20,21)22-17-18(19)11-14-6-4-13(10-16)5-7-14/h2-9H,11H2,1H3/b18-17-. The first-order chi connectivity index (χ1) is 10.9. The molecule has 0 heterocycles. The Hall–Kier alpha value is -2.92. The van der Waals surface area contributed by atoms with Crippen LogP contribution in [0.1, 0.15) is 16.7 Å². The minimum Gasteiger partial charge on any atom is -0.597 e. The van der Waals surface area contributed by atoms with Gasteiger partial charge in [0.2, 0.25) is 11.8 Å². The van der Waals surface area contributed by atoms with Gasteiger partial charge in [-0.3, -0.25) is 0 Å². The van der Waals surface area contributed by atoms with E-state index in [4.69, 9.17) is 5.26 Å². The number of hydrogen-bond acceptors (Lipinski definition) is 6. The van der Waals surface area contributed by atoms with E-state index in [9.17, 15) is 13.6 Å². The van der Waals surface area contributed by atoms with Gasteiger partial charge < -0.3 is 5.21 Å². The van der Waals surface area contributed by atoms with Crippen LogP contribution in [0.3, 0.4) is 0 Å². The van der Waals surface area contributed by atoms with Gasteiger partial charge in [-0.05, 0) is 31.2 Å². The van der Waals surface area contributed by atoms with Crippen molar-refractivity contribution in [1.29, 1.82) is 5.26 Å². The van der Waals surface area contributed by atoms with E-state index < -0.39 is 10.1 Å². The van der Waals surface area contributed by atoms with Gasteiger partial charge in [-0.25, -0.2) is 4.28 Å². The average molecular weight is 331 g/mol. The Kier molecular flexibility index (Phi) is 4.93. The van der Waals surface area contributed by atoms with Gasteiger partial charge in [-0.1, -0.05) is 34.7 Å². The fraction of sp³-hybridized carbons (Fsp3) is 0.133. The summed E-state index contributed by atoms with van der Waals surface area (Å²) in [6.45, 7) is 1.62. The molecule has 2 aromatic carbocycles. The van der Waals surface area contributed by atoms with Crippen molar-refractivity contribution in [3.05, 3.63) is 70.4 Å². The summed E-state index contributed by atoms with van der Waals surface area (Å²) in [6, 6.07) is 14.2. The van der Waals surface area contributed by atoms with Crippen LogP contribution >= 0.6 is 0 Å². The number of nitriles is 1. The van der Waals surface area contributed by atoms with Gasteiger partial charge in [0.15, 0.2) is 0 Å². The molecule has 0 aliphatic rings. The monoisotopic (exact) mass is 331 g/mol. The van der Waals surface area contributed by atoms with E-state index in [0.29, 0.717) is 11.1 Å². The SMILES string of the molecule is Cc1ccc(S(=O)(=O)O/N=[N+](\[O-])Cc2ccc(C#N)cc2)cc1. The van der Waals surface area contributed by atoms with E-state index in [1.807, 2.05) is 13.0 Å². The average Bonchev–Trinajstić information content (AvgIpc) is 2.54. The van der Waals surface area contributed by atoms with E-state index in [1.54, 1.807) is 36.4 Å². The quantitative estimate of drug-likeness (QED) is 0.476. The van der Waals surface area contributed by atoms with Crippen molar-refractivity contribution in [2.45, 2.75) is 18.4 Å². The Labute approximate surface area is 133 Å². The number of hydrogen-bond donors (Lipinski definition) is 0. The number of aryl methyl sites for hydroxylation is 1. The molecule has 0 aromatic heterocycles. The van der Waals surface area contributed by atoms with Crippen LogP contribution in [-0.4, -0.2) is 13.3 Å². The summed E-state index contributed by atoms with van der Waals surface area (Å²) >= 11 is 0. The molecule has 0 bridgehead atoms. The molecule has 0 N–H and O–H groups in total. The minimum absolute atomic E-state index is 0.0846. The highest BCUT2D eigenvalue weighted by Gasteiger charge is 2.17. The fourth-order valence-electron chi connectivity index (χ4n) is 1.70. The van der Waals surface area contributed by atoms with Crippen molar-refractivity contribution >= 4 is 10.1 Å². The summed E-state index contributed by atoms with van der Waals surface area (Å²) < 4.78 is 28.1. The van der Waals surface area contributed by atoms with Crippen molar-refractivity contribution in [2.75, 3.05) is 0 Å². The first-order valence-electron chi connectivity index (χ1n) is 6.56. The first kappa shape index (κ1) is 16.5. The molecular weight excluding hydrogens is 318 g/mol. The summed E-state index contributed by atoms with van der Waals surface area (Å²) in [5.41, 5.74) is 1.92. The van der Waals surface area contributed by atoms with E-state index in [-0.39, 0.29) is 16.3 Å². The predicted octanol–water partition coefficient (Wildman–Crippen LogP) is 2.65. The lowest BCUT2D eigenvalue weighted by atomic mass is 10.1. The minimum atomic E-state index is -4.13. The highest BCUT2D eigenvalue weighted by Crippen LogP contribution is 2.13. The lowest BCUT2D eigenvalue weighted by Gasteiger charge is -2.02. The Morgan fingerprint density at radius 3 is 2.35 bits per heavy atom. The zero-order valence-corrected chi connectivity index (χ0v) is 13.0. The Morgan fingerprint density at radius 1 is 1.17 bits per heavy atom. The molecule has 23 heavy (non-hydrogen) atoms. The van der Waals surface area contributed by atoms with Gasteiger partial charge in [-0.15, -0.1) is 0 Å². The number of benzene rings is 2. The predicted molar refractivity (Wildman–Crippen MR) is 80.4 cm³/mol. The second-order valence-electron chi connectivity index (χ2n) is 4.74. The van der Waals surface area contributed by atoms with Crippen molar-refractivity contribution in [1.82, 2.24) is 0 Å². The van der Waals surface area contributed by atoms with Crippen LogP contribution in [-0.2, 0) is 20.9 Å². The second-order valence-corrected chi connectivity index (χ2v) is 6.27. The molecule has 0 fully saturated rings. The maximum Gasteiger partial charge on any atom is 0.363 e. The Balaban J connectivity index is 2.06. The third kappa shape index (κ3) is 4.52. The number of hydroxylamine groups is 1. The summed E-state index contributed by atoms with van der Waals surface area (Å²) in [5, 5.41) is 23.3. The molecule has 0 atom stereocenters. The van der Waals surface area contributed by atoms with E-state index in [0.717, 1.165) is 5.56 Å². The molecular formula is C15H13N3O4S. The Bertz CT molecular complexity index is 851. The van der Waals surface area contributed by atoms with Crippen LogP contribution in [0.5, 0.6) is 0 Å². The van der Waals surface area contributed by atoms with Gasteiger partial charge >= 0.3 is 10.1 Å². The molecule has 0 amide bonds. The first-order valence-corrected chi connectivity index (χ1v) is 7.96. The number of rotatable bonds is 5. The smallest absolute Gasteiger partial charge is 0.363 e. The van der Waals surface area contributed by atoms with Crippen molar-refractivity contribution < 1.29 is 17.6 Å². The molecule has 2 rings (SSSR count). The Morgan fingerprint density at radius 2 is 1.78 bits per heavy atom. The zero-order valence-electron chi connectivity index (χ0n) is 12.2. The second kappa shape index (κ2) is 6.89. The van der Waals surface area contributed by atoms with Gasteiger partial charge in [0.1, 0.15) is 4.90 Å². The van der Waals surface area contributed by atoms with Crippen LogP contribution < -0.4 is 0 Å². The van der Waals surface area contributed by atoms with Crippen LogP contribution in [0.4, 0.5) is 0 Å². The lowest BCUT2D eigenvalue weighted by molar-refractivity contribution is -0.567. The third-order valence-electron chi connectivity index (χ3n) is 2.93. The molecule has 0 unspecified atom stereocenters. The van der Waals surface area contributed by atoms with Gasteiger partial charge in [0.05, 0.1) is 11.6 Å². The van der Waals surface area contributed by atoms with Gasteiger partial charge in [-0.2, -0.15) is 13.7 Å². The highest BCUT2D eigenvalue weighted by atomic mass is 32.2. The molecule has 7 nitrogen and oxygen atoms in total. The molecule has 0 saturated carbocycles. The molecule has 0 radical (unpaired) electrons. The summed E-state index contributed by atoms with van der Waals surface area (Å²) in [5.74, 6) is 0. The molecule has 0 aliphatic carbocycles. The van der Waals surface area contributed by atoms with Crippen LogP contribution in [0.25, 0.3) is 0 Å². The van der Waals surface area contributed by atoms with Crippen molar-refractivity contribution in [2.24, 2.45) is 5.28 Å². The molecule has 0 aliphatic heterocycles. The largest absolute Gasteiger partial charge is 0.597 e. The van der Waals surface area contributed by atoms with Gasteiger partial charge in [0, 0.05) is 5.56 Å². The van der Waals surface area contributed by atoms with Gasteiger partial charge in [0.25, 0.3) is 0 Å². The summed E-state index contributed by atoms with van der Waals surface area (Å²) in [7, 11) is -4.13. The van der Waals surface area contributed by atoms with Crippen LogP contribution in [0, 0.1) is 23.5 Å². The molecule has 118 valence electrons. The normalized spacial score (nSPS) is 11.7. The van der Waals surface area contributed by atoms with Crippen LogP contribution in [0.15, 0.2) is 58.7 Å². The highest BCUT2D eigenvalue weighted by molar-refractivity contribution is 7.86. The maximum absolute atomic E-state index is 11.9. The molecule has 0 saturated heterocycles. The van der Waals surface area contributed by atoms with Crippen LogP contribution in [0.2, 0.25) is 0 Å². The lowest BCUT2D eigenvalue weighted by Crippen LogP contribution is -2.07. The van der Waals surface area contributed by atoms with E-state index in [1.165, 1.54) is 12.1 Å². The molecule has 8 heteroatoms. The zero-order chi connectivity index (χ0) is 16.9. The fourth-order valence-corrected chi connectivity index (χ4v) is 2.42. The molecule has 0 spiro atoms. The topological polar surface area (TPSA) is 106 Å².